The molecule has 9 heteroatoms. The molecule has 208 valence electrons. The normalized spacial score (nSPS) is 15.7. The molecule has 1 heterocycles. The molecule has 0 fully saturated rings. The van der Waals surface area contributed by atoms with Crippen molar-refractivity contribution in [2.45, 2.75) is 71.3 Å². The van der Waals surface area contributed by atoms with E-state index < -0.39 is 15.8 Å². The van der Waals surface area contributed by atoms with E-state index in [4.69, 9.17) is 23.4 Å². The Morgan fingerprint density at radius 3 is 2.34 bits per heavy atom. The van der Waals surface area contributed by atoms with Gasteiger partial charge in [0.2, 0.25) is 5.36 Å². The van der Waals surface area contributed by atoms with Crippen LogP contribution in [-0.4, -0.2) is 38.8 Å². The van der Waals surface area contributed by atoms with Crippen LogP contribution in [0.3, 0.4) is 0 Å². The highest BCUT2D eigenvalue weighted by Crippen LogP contribution is 2.36. The highest BCUT2D eigenvalue weighted by molar-refractivity contribution is 5.70. The number of hydrogen-bond donors (Lipinski definition) is 0. The zero-order valence-electron chi connectivity index (χ0n) is 23.4. The number of halogens is 1. The Labute approximate surface area is 227 Å². The maximum atomic E-state index is 12.2. The van der Waals surface area contributed by atoms with Crippen molar-refractivity contribution < 1.29 is 38.4 Å². The number of ether oxygens (including phenoxy) is 1. The third-order valence-electron chi connectivity index (χ3n) is 6.91. The van der Waals surface area contributed by atoms with Gasteiger partial charge >= 0.3 is 5.97 Å². The number of carbonyl (C=O) groups is 1. The SMILES string of the molecule is CN(C)c1ccc2c(c1)C(C)(C)c1cc3c(cc1=C2)CCC[N+]=3CCCC(=O)OC(C)(C)C.[O-][Cl+3]([O-])([O-])[O-]. The Bertz CT molecular complexity index is 1300. The summed E-state index contributed by atoms with van der Waals surface area (Å²) in [6.07, 6.45) is 5.91. The molecule has 0 saturated heterocycles. The predicted molar refractivity (Wildman–Crippen MR) is 137 cm³/mol. The number of esters is 1. The molecule has 38 heavy (non-hydrogen) atoms. The number of rotatable bonds is 5. The second-order valence-corrected chi connectivity index (χ2v) is 12.4. The van der Waals surface area contributed by atoms with Gasteiger partial charge in [0.25, 0.3) is 0 Å². The van der Waals surface area contributed by atoms with Crippen molar-refractivity contribution in [3.8, 4) is 0 Å². The average molecular weight is 547 g/mol. The molecular formula is C29H39ClN2O6. The predicted octanol–water partition coefficient (Wildman–Crippen LogP) is -0.976. The molecular weight excluding hydrogens is 508 g/mol. The Morgan fingerprint density at radius 1 is 1.08 bits per heavy atom. The van der Waals surface area contributed by atoms with Crippen molar-refractivity contribution in [2.24, 2.45) is 0 Å². The summed E-state index contributed by atoms with van der Waals surface area (Å²) in [5.41, 5.74) is 6.27. The van der Waals surface area contributed by atoms with Crippen LogP contribution >= 0.6 is 0 Å². The molecule has 1 aliphatic heterocycles. The first kappa shape index (κ1) is 30.1. The van der Waals surface area contributed by atoms with Crippen LogP contribution in [0.2, 0.25) is 0 Å². The van der Waals surface area contributed by atoms with E-state index in [-0.39, 0.29) is 11.4 Å². The molecule has 0 bridgehead atoms. The second-order valence-electron chi connectivity index (χ2n) is 11.7. The van der Waals surface area contributed by atoms with Gasteiger partial charge < -0.3 is 9.64 Å². The van der Waals surface area contributed by atoms with E-state index in [1.54, 1.807) is 0 Å². The number of hydrogen-bond acceptors (Lipinski definition) is 7. The van der Waals surface area contributed by atoms with E-state index in [0.29, 0.717) is 6.42 Å². The second kappa shape index (κ2) is 11.3. The number of aryl methyl sites for hydroxylation is 1. The molecule has 2 aliphatic rings. The number of anilines is 1. The topological polar surface area (TPSA) is 125 Å². The maximum Gasteiger partial charge on any atom is 0.306 e. The highest BCUT2D eigenvalue weighted by atomic mass is 35.7. The van der Waals surface area contributed by atoms with Crippen molar-refractivity contribution in [2.75, 3.05) is 32.1 Å². The molecule has 0 spiro atoms. The average Bonchev–Trinajstić information content (AvgIpc) is 2.76. The van der Waals surface area contributed by atoms with Crippen molar-refractivity contribution in [3.05, 3.63) is 63.2 Å². The third-order valence-corrected chi connectivity index (χ3v) is 6.91. The van der Waals surface area contributed by atoms with Crippen LogP contribution in [0.5, 0.6) is 0 Å². The van der Waals surface area contributed by atoms with Gasteiger partial charge in [-0.15, -0.1) is 10.2 Å². The minimum atomic E-state index is -4.94. The largest absolute Gasteiger partial charge is 0.460 e. The lowest BCUT2D eigenvalue weighted by molar-refractivity contribution is -2.00. The van der Waals surface area contributed by atoms with Gasteiger partial charge in [0, 0.05) is 49.7 Å². The minimum absolute atomic E-state index is 0.0693. The molecule has 0 unspecified atom stereocenters. The molecule has 4 rings (SSSR count). The molecule has 0 atom stereocenters. The molecule has 0 saturated carbocycles. The Kier molecular flexibility index (Phi) is 8.95. The summed E-state index contributed by atoms with van der Waals surface area (Å²) >= 11 is 0. The van der Waals surface area contributed by atoms with Gasteiger partial charge in [0.05, 0.1) is 6.42 Å². The van der Waals surface area contributed by atoms with Gasteiger partial charge in [0.1, 0.15) is 18.7 Å². The quantitative estimate of drug-likeness (QED) is 0.349. The zero-order valence-corrected chi connectivity index (χ0v) is 24.2. The summed E-state index contributed by atoms with van der Waals surface area (Å²) in [5.74, 6) is -0.103. The molecule has 2 aromatic rings. The minimum Gasteiger partial charge on any atom is -0.460 e. The van der Waals surface area contributed by atoms with Gasteiger partial charge in [-0.05, 0) is 73.4 Å². The summed E-state index contributed by atoms with van der Waals surface area (Å²) < 4.78 is 41.9. The maximum absolute atomic E-state index is 12.2. The number of benzene rings is 2. The first-order chi connectivity index (χ1) is 17.5. The first-order valence-electron chi connectivity index (χ1n) is 12.9. The van der Waals surface area contributed by atoms with Crippen molar-refractivity contribution in [1.29, 1.82) is 0 Å². The summed E-state index contributed by atoms with van der Waals surface area (Å²) in [4.78, 5) is 14.3. The Balaban J connectivity index is 0.000000732. The molecule has 0 N–H and O–H groups in total. The van der Waals surface area contributed by atoms with Crippen molar-refractivity contribution in [1.82, 2.24) is 4.58 Å². The smallest absolute Gasteiger partial charge is 0.306 e. The lowest BCUT2D eigenvalue weighted by atomic mass is 9.71. The number of fused-ring (bicyclic) bond motifs is 3. The van der Waals surface area contributed by atoms with Crippen molar-refractivity contribution >= 4 is 17.7 Å². The van der Waals surface area contributed by atoms with Crippen LogP contribution in [0, 0.1) is 10.2 Å². The van der Waals surface area contributed by atoms with Crippen LogP contribution in [-0.2, 0) is 21.4 Å². The molecule has 8 nitrogen and oxygen atoms in total. The lowest BCUT2D eigenvalue weighted by Gasteiger charge is -2.33. The summed E-state index contributed by atoms with van der Waals surface area (Å²) in [5, 5.41) is 2.69. The zero-order chi connectivity index (χ0) is 28.5. The Morgan fingerprint density at radius 2 is 1.74 bits per heavy atom. The van der Waals surface area contributed by atoms with Crippen LogP contribution < -0.4 is 38.7 Å². The van der Waals surface area contributed by atoms with Gasteiger partial charge in [-0.3, -0.25) is 4.79 Å². The molecule has 0 amide bonds. The highest BCUT2D eigenvalue weighted by Gasteiger charge is 2.32. The monoisotopic (exact) mass is 546 g/mol. The van der Waals surface area contributed by atoms with E-state index >= 15 is 0 Å². The number of carbonyl (C=O) groups excluding carboxylic acids is 1. The molecule has 0 radical (unpaired) electrons. The van der Waals surface area contributed by atoms with Gasteiger partial charge in [-0.1, -0.05) is 19.9 Å². The van der Waals surface area contributed by atoms with Crippen LogP contribution in [0.1, 0.15) is 76.1 Å². The standard InChI is InChI=1S/C29H39N2O2.ClHO4/c1-28(2,3)33-27(32)11-9-15-31-14-8-10-21-17-22-16-20-12-13-23(30(6)7)18-24(20)29(4,5)25(22)19-26(21)31;2-1(3,4)5/h12-13,16-19H,8-11,14-15H2,1-7H3;(H,2,3,4,5)/q+1;/p-1. The molecule has 1 aliphatic carbocycles. The molecule has 2 aromatic carbocycles. The van der Waals surface area contributed by atoms with E-state index in [0.717, 1.165) is 32.4 Å². The van der Waals surface area contributed by atoms with Gasteiger partial charge in [-0.25, -0.2) is 23.2 Å². The fourth-order valence-electron chi connectivity index (χ4n) is 5.23. The number of nitrogens with zero attached hydrogens (tertiary/aromatic N) is 2. The fraction of sp³-hybridized carbons (Fsp3) is 0.517. The van der Waals surface area contributed by atoms with E-state index in [1.807, 2.05) is 20.8 Å². The Hall–Kier alpha value is -2.49. The summed E-state index contributed by atoms with van der Waals surface area (Å²) in [7, 11) is -0.749. The summed E-state index contributed by atoms with van der Waals surface area (Å²) in [6, 6.07) is 11.7. The van der Waals surface area contributed by atoms with Crippen molar-refractivity contribution in [3.63, 3.8) is 0 Å². The van der Waals surface area contributed by atoms with Gasteiger partial charge in [-0.2, -0.15) is 0 Å². The first-order valence-corrected chi connectivity index (χ1v) is 14.1. The van der Waals surface area contributed by atoms with Crippen LogP contribution in [0.4, 0.5) is 5.69 Å². The van der Waals surface area contributed by atoms with E-state index in [2.05, 4.69) is 73.8 Å². The fourth-order valence-corrected chi connectivity index (χ4v) is 5.23. The van der Waals surface area contributed by atoms with E-state index in [1.165, 1.54) is 38.5 Å². The molecule has 0 aromatic heterocycles. The van der Waals surface area contributed by atoms with Crippen LogP contribution in [0.25, 0.3) is 6.08 Å². The van der Waals surface area contributed by atoms with Gasteiger partial charge in [0.15, 0.2) is 0 Å². The van der Waals surface area contributed by atoms with E-state index in [9.17, 15) is 4.79 Å². The summed E-state index contributed by atoms with van der Waals surface area (Å²) in [6.45, 7) is 12.4. The van der Waals surface area contributed by atoms with Crippen LogP contribution in [0.15, 0.2) is 30.3 Å². The third kappa shape index (κ3) is 7.77. The lowest BCUT2D eigenvalue weighted by Crippen LogP contribution is -2.68.